The molecule has 0 unspecified atom stereocenters. The first-order valence-corrected chi connectivity index (χ1v) is 13.7. The molecule has 0 spiro atoms. The van der Waals surface area contributed by atoms with Crippen molar-refractivity contribution in [3.63, 3.8) is 0 Å². The Hall–Kier alpha value is -3.39. The van der Waals surface area contributed by atoms with Crippen LogP contribution in [0.15, 0.2) is 66.7 Å². The van der Waals surface area contributed by atoms with Crippen molar-refractivity contribution in [2.24, 2.45) is 11.8 Å². The lowest BCUT2D eigenvalue weighted by Gasteiger charge is -2.38. The van der Waals surface area contributed by atoms with Crippen LogP contribution in [-0.2, 0) is 6.54 Å². The third-order valence-corrected chi connectivity index (χ3v) is 7.38. The highest BCUT2D eigenvalue weighted by molar-refractivity contribution is 7.80. The number of anilines is 4. The van der Waals surface area contributed by atoms with E-state index in [1.165, 1.54) is 17.7 Å². The van der Waals surface area contributed by atoms with E-state index in [1.807, 2.05) is 18.2 Å². The summed E-state index contributed by atoms with van der Waals surface area (Å²) in [6.45, 7) is 11.1. The van der Waals surface area contributed by atoms with Crippen LogP contribution in [0.25, 0.3) is 0 Å². The third-order valence-electron chi connectivity index (χ3n) is 7.14. The summed E-state index contributed by atoms with van der Waals surface area (Å²) >= 11 is 5.61. The zero-order valence-electron chi connectivity index (χ0n) is 21.8. The van der Waals surface area contributed by atoms with Gasteiger partial charge >= 0.3 is 0 Å². The molecule has 2 N–H and O–H groups in total. The van der Waals surface area contributed by atoms with Crippen LogP contribution < -0.4 is 25.3 Å². The van der Waals surface area contributed by atoms with Crippen LogP contribution in [-0.4, -0.2) is 54.3 Å². The van der Waals surface area contributed by atoms with Gasteiger partial charge in [0, 0.05) is 57.6 Å². The van der Waals surface area contributed by atoms with Crippen molar-refractivity contribution in [3.05, 3.63) is 72.3 Å². The van der Waals surface area contributed by atoms with Gasteiger partial charge in [0.1, 0.15) is 11.6 Å². The molecule has 2 aliphatic rings. The van der Waals surface area contributed by atoms with Crippen LogP contribution >= 0.6 is 12.2 Å². The average Bonchev–Trinajstić information content (AvgIpc) is 2.92. The van der Waals surface area contributed by atoms with Gasteiger partial charge in [0.15, 0.2) is 5.11 Å². The molecule has 2 aliphatic heterocycles. The molecule has 194 valence electrons. The van der Waals surface area contributed by atoms with Gasteiger partial charge in [0.25, 0.3) is 0 Å². The fraction of sp³-hybridized carbons (Fsp3) is 0.414. The summed E-state index contributed by atoms with van der Waals surface area (Å²) in [5.74, 6) is 3.76. The van der Waals surface area contributed by atoms with Crippen LogP contribution in [0.2, 0.25) is 0 Å². The first-order valence-electron chi connectivity index (χ1n) is 13.3. The van der Waals surface area contributed by atoms with Crippen molar-refractivity contribution >= 4 is 40.6 Å². The van der Waals surface area contributed by atoms with Crippen LogP contribution in [0.4, 0.5) is 23.3 Å². The van der Waals surface area contributed by atoms with E-state index in [9.17, 15) is 0 Å². The summed E-state index contributed by atoms with van der Waals surface area (Å²) in [7, 11) is 0. The van der Waals surface area contributed by atoms with E-state index in [1.54, 1.807) is 0 Å². The number of nitrogens with one attached hydrogen (secondary N) is 2. The van der Waals surface area contributed by atoms with E-state index in [-0.39, 0.29) is 0 Å². The summed E-state index contributed by atoms with van der Waals surface area (Å²) in [5, 5.41) is 7.08. The van der Waals surface area contributed by atoms with Crippen molar-refractivity contribution < 1.29 is 0 Å². The number of piperazine rings is 1. The Labute approximate surface area is 225 Å². The minimum Gasteiger partial charge on any atom is -0.368 e. The standard InChI is InChI=1S/C29H37N7S/c1-22-17-23(2)21-36(20-22)27-18-26(35-15-13-34(14-16-35)25-11-7-4-8-12-25)31-28(32-27)33-29(37)30-19-24-9-5-3-6-10-24/h3-12,18,22-23H,13-17,19-21H2,1-2H3,(H2,30,31,32,33,37)/t22-,23-/m0/s1. The zero-order valence-corrected chi connectivity index (χ0v) is 22.6. The van der Waals surface area contributed by atoms with Crippen LogP contribution in [0, 0.1) is 11.8 Å². The van der Waals surface area contributed by atoms with Gasteiger partial charge in [-0.25, -0.2) is 0 Å². The number of thiocarbonyl (C=S) groups is 1. The lowest BCUT2D eigenvalue weighted by Crippen LogP contribution is -2.47. The molecule has 8 heteroatoms. The van der Waals surface area contributed by atoms with Crippen LogP contribution in [0.1, 0.15) is 25.8 Å². The van der Waals surface area contributed by atoms with Crippen LogP contribution in [0.3, 0.4) is 0 Å². The molecular weight excluding hydrogens is 478 g/mol. The molecule has 0 amide bonds. The van der Waals surface area contributed by atoms with Crippen molar-refractivity contribution in [2.45, 2.75) is 26.8 Å². The van der Waals surface area contributed by atoms with E-state index in [0.29, 0.717) is 29.4 Å². The maximum atomic E-state index is 5.61. The third kappa shape index (κ3) is 6.68. The molecule has 2 atom stereocenters. The number of hydrogen-bond donors (Lipinski definition) is 2. The predicted octanol–water partition coefficient (Wildman–Crippen LogP) is 4.77. The number of hydrogen-bond acceptors (Lipinski definition) is 6. The molecule has 0 aliphatic carbocycles. The summed E-state index contributed by atoms with van der Waals surface area (Å²) < 4.78 is 0. The molecule has 0 saturated carbocycles. The molecule has 7 nitrogen and oxygen atoms in total. The Balaban J connectivity index is 1.32. The molecule has 3 aromatic rings. The van der Waals surface area contributed by atoms with Gasteiger partial charge in [0.2, 0.25) is 5.95 Å². The number of piperidine rings is 1. The second kappa shape index (κ2) is 11.8. The molecule has 1 aromatic heterocycles. The Morgan fingerprint density at radius 3 is 2.03 bits per heavy atom. The molecule has 2 saturated heterocycles. The molecule has 2 aromatic carbocycles. The minimum absolute atomic E-state index is 0.529. The SMILES string of the molecule is C[C@H]1C[C@H](C)CN(c2cc(N3CCN(c4ccccc4)CC3)nc(NC(=S)NCc3ccccc3)n2)C1. The van der Waals surface area contributed by atoms with E-state index < -0.39 is 0 Å². The molecule has 3 heterocycles. The Morgan fingerprint density at radius 2 is 1.38 bits per heavy atom. The molecule has 0 radical (unpaired) electrons. The normalized spacial score (nSPS) is 20.0. The first-order chi connectivity index (χ1) is 18.0. The predicted molar refractivity (Wildman–Crippen MR) is 158 cm³/mol. The van der Waals surface area contributed by atoms with Gasteiger partial charge in [-0.15, -0.1) is 0 Å². The van der Waals surface area contributed by atoms with Gasteiger partial charge in [-0.2, -0.15) is 9.97 Å². The Kier molecular flexibility index (Phi) is 8.04. The van der Waals surface area contributed by atoms with Gasteiger partial charge in [-0.1, -0.05) is 62.4 Å². The van der Waals surface area contributed by atoms with Gasteiger partial charge < -0.3 is 25.3 Å². The Bertz CT molecular complexity index is 1160. The lowest BCUT2D eigenvalue weighted by atomic mass is 9.92. The van der Waals surface area contributed by atoms with Crippen molar-refractivity contribution in [3.8, 4) is 0 Å². The van der Waals surface area contributed by atoms with Crippen molar-refractivity contribution in [2.75, 3.05) is 59.3 Å². The number of para-hydroxylation sites is 1. The van der Waals surface area contributed by atoms with Crippen LogP contribution in [0.5, 0.6) is 0 Å². The van der Waals surface area contributed by atoms with Gasteiger partial charge in [0.05, 0.1) is 0 Å². The monoisotopic (exact) mass is 515 g/mol. The zero-order chi connectivity index (χ0) is 25.6. The molecule has 2 fully saturated rings. The Morgan fingerprint density at radius 1 is 0.811 bits per heavy atom. The fourth-order valence-corrected chi connectivity index (χ4v) is 5.57. The molecule has 5 rings (SSSR count). The molecular formula is C29H37N7S. The number of benzene rings is 2. The second-order valence-corrected chi connectivity index (χ2v) is 10.8. The quantitative estimate of drug-likeness (QED) is 0.455. The largest absolute Gasteiger partial charge is 0.368 e. The highest BCUT2D eigenvalue weighted by atomic mass is 32.1. The van der Waals surface area contributed by atoms with E-state index in [2.05, 4.69) is 87.7 Å². The van der Waals surface area contributed by atoms with Gasteiger partial charge in [-0.3, -0.25) is 0 Å². The summed E-state index contributed by atoms with van der Waals surface area (Å²) in [5.41, 5.74) is 2.45. The van der Waals surface area contributed by atoms with E-state index in [0.717, 1.165) is 50.9 Å². The maximum Gasteiger partial charge on any atom is 0.232 e. The lowest BCUT2D eigenvalue weighted by molar-refractivity contribution is 0.355. The summed E-state index contributed by atoms with van der Waals surface area (Å²) in [6, 6.07) is 23.0. The minimum atomic E-state index is 0.529. The summed E-state index contributed by atoms with van der Waals surface area (Å²) in [4.78, 5) is 17.1. The fourth-order valence-electron chi connectivity index (χ4n) is 5.41. The van der Waals surface area contributed by atoms with E-state index >= 15 is 0 Å². The highest BCUT2D eigenvalue weighted by Gasteiger charge is 2.25. The highest BCUT2D eigenvalue weighted by Crippen LogP contribution is 2.29. The first kappa shape index (κ1) is 25.3. The van der Waals surface area contributed by atoms with Crippen molar-refractivity contribution in [1.82, 2.24) is 15.3 Å². The average molecular weight is 516 g/mol. The molecule has 37 heavy (non-hydrogen) atoms. The van der Waals surface area contributed by atoms with E-state index in [4.69, 9.17) is 22.2 Å². The number of aromatic nitrogens is 2. The maximum absolute atomic E-state index is 5.61. The topological polar surface area (TPSA) is 59.6 Å². The number of nitrogens with zero attached hydrogens (tertiary/aromatic N) is 5. The smallest absolute Gasteiger partial charge is 0.232 e. The van der Waals surface area contributed by atoms with Gasteiger partial charge in [-0.05, 0) is 48.2 Å². The number of rotatable bonds is 6. The second-order valence-electron chi connectivity index (χ2n) is 10.4. The summed E-state index contributed by atoms with van der Waals surface area (Å²) in [6.07, 6.45) is 1.26. The molecule has 0 bridgehead atoms. The van der Waals surface area contributed by atoms with Crippen molar-refractivity contribution in [1.29, 1.82) is 0 Å².